The predicted molar refractivity (Wildman–Crippen MR) is 132 cm³/mol. The van der Waals surface area contributed by atoms with E-state index in [0.29, 0.717) is 45.1 Å². The van der Waals surface area contributed by atoms with E-state index >= 15 is 0 Å². The van der Waals surface area contributed by atoms with Gasteiger partial charge in [-0.05, 0) is 47.9 Å². The fourth-order valence-corrected chi connectivity index (χ4v) is 5.60. The number of aliphatic imine (C=N–C) groups is 1. The van der Waals surface area contributed by atoms with Crippen LogP contribution < -0.4 is 16.8 Å². The van der Waals surface area contributed by atoms with Gasteiger partial charge >= 0.3 is 0 Å². The number of aliphatic hydroxyl groups is 1. The van der Waals surface area contributed by atoms with Crippen LogP contribution in [0.5, 0.6) is 0 Å². The average Bonchev–Trinajstić information content (AvgIpc) is 3.45. The van der Waals surface area contributed by atoms with Crippen molar-refractivity contribution >= 4 is 24.1 Å². The van der Waals surface area contributed by atoms with Gasteiger partial charge in [0, 0.05) is 19.0 Å². The van der Waals surface area contributed by atoms with Gasteiger partial charge in [0.25, 0.3) is 0 Å². The molecule has 2 amide bonds. The number of nitrogens with two attached hydrogens (primary N) is 2. The molecule has 4 rings (SSSR count). The van der Waals surface area contributed by atoms with Gasteiger partial charge in [0.15, 0.2) is 5.96 Å². The summed E-state index contributed by atoms with van der Waals surface area (Å²) >= 11 is 0. The number of benzene rings is 2. The zero-order valence-electron chi connectivity index (χ0n) is 19.5. The van der Waals surface area contributed by atoms with E-state index in [-0.39, 0.29) is 5.96 Å². The Labute approximate surface area is 204 Å². The molecule has 1 aliphatic heterocycles. The minimum atomic E-state index is -1.27. The topological polar surface area (TPSA) is 151 Å². The van der Waals surface area contributed by atoms with Crippen molar-refractivity contribution in [2.24, 2.45) is 16.5 Å². The van der Waals surface area contributed by atoms with Gasteiger partial charge in [0.2, 0.25) is 11.8 Å². The quantitative estimate of drug-likeness (QED) is 0.182. The van der Waals surface area contributed by atoms with E-state index in [1.54, 1.807) is 0 Å². The zero-order valence-corrected chi connectivity index (χ0v) is 19.5. The lowest BCUT2D eigenvalue weighted by Gasteiger charge is -2.43. The van der Waals surface area contributed by atoms with Gasteiger partial charge in [0.05, 0.1) is 6.04 Å². The van der Waals surface area contributed by atoms with Crippen LogP contribution in [0.4, 0.5) is 0 Å². The van der Waals surface area contributed by atoms with E-state index in [1.165, 1.54) is 4.90 Å². The maximum Gasteiger partial charge on any atom is 0.249 e. The van der Waals surface area contributed by atoms with Gasteiger partial charge in [-0.2, -0.15) is 0 Å². The van der Waals surface area contributed by atoms with Crippen LogP contribution in [0.3, 0.4) is 0 Å². The second-order valence-electron chi connectivity index (χ2n) is 9.00. The van der Waals surface area contributed by atoms with Crippen molar-refractivity contribution in [1.82, 2.24) is 10.2 Å². The molecule has 9 heteroatoms. The van der Waals surface area contributed by atoms with Crippen LogP contribution in [-0.2, 0) is 14.4 Å². The average molecular weight is 478 g/mol. The molecule has 1 heterocycles. The number of amides is 2. The summed E-state index contributed by atoms with van der Waals surface area (Å²) in [6.45, 7) is -0.00323. The number of hydrogen-bond donors (Lipinski definition) is 4. The molecule has 0 aromatic heterocycles. The van der Waals surface area contributed by atoms with Gasteiger partial charge in [-0.15, -0.1) is 0 Å². The lowest BCUT2D eigenvalue weighted by Crippen LogP contribution is -2.62. The van der Waals surface area contributed by atoms with Crippen molar-refractivity contribution in [3.8, 4) is 11.1 Å². The molecule has 0 bridgehead atoms. The standard InChI is InChI=1S/C26H31N5O4/c27-25(28)29-13-5-7-17(15-32)30-24(35)26(12-6-14-31(26)22(34)16-33)23-20-10-3-1-8-18(20)19-9-2-4-11-21(19)23/h1-4,8-11,15,17,23,33H,5-7,12-14,16H2,(H,30,35)(H4,27,28,29)/t17-,26+/m0/s1. The summed E-state index contributed by atoms with van der Waals surface area (Å²) in [5.41, 5.74) is 13.4. The first-order valence-electron chi connectivity index (χ1n) is 11.8. The molecule has 2 aromatic rings. The summed E-state index contributed by atoms with van der Waals surface area (Å²) in [6, 6.07) is 15.0. The molecule has 1 fully saturated rings. The molecule has 2 aromatic carbocycles. The maximum atomic E-state index is 14.1. The largest absolute Gasteiger partial charge is 0.387 e. The highest BCUT2D eigenvalue weighted by Crippen LogP contribution is 2.54. The molecular weight excluding hydrogens is 446 g/mol. The van der Waals surface area contributed by atoms with Crippen LogP contribution in [0.1, 0.15) is 42.7 Å². The van der Waals surface area contributed by atoms with E-state index in [9.17, 15) is 19.5 Å². The first kappa shape index (κ1) is 24.4. The van der Waals surface area contributed by atoms with Crippen LogP contribution in [0, 0.1) is 0 Å². The third-order valence-electron chi connectivity index (χ3n) is 7.01. The SMILES string of the molecule is NC(N)=NCCC[C@@H](C=O)NC(=O)[C@]1(C2c3ccccc3-c3ccccc32)CCCN1C(=O)CO. The molecule has 9 nitrogen and oxygen atoms in total. The molecule has 0 saturated carbocycles. The molecule has 1 saturated heterocycles. The molecule has 0 radical (unpaired) electrons. The van der Waals surface area contributed by atoms with Gasteiger partial charge in [0.1, 0.15) is 18.4 Å². The van der Waals surface area contributed by atoms with Crippen molar-refractivity contribution in [2.75, 3.05) is 19.7 Å². The Morgan fingerprint density at radius 1 is 1.14 bits per heavy atom. The Hall–Kier alpha value is -3.72. The van der Waals surface area contributed by atoms with Gasteiger partial charge in [-0.3, -0.25) is 14.6 Å². The third kappa shape index (κ3) is 4.39. The number of guanidine groups is 1. The number of fused-ring (bicyclic) bond motifs is 3. The Morgan fingerprint density at radius 2 is 1.77 bits per heavy atom. The number of carbonyl (C=O) groups excluding carboxylic acids is 3. The van der Waals surface area contributed by atoms with Crippen LogP contribution >= 0.6 is 0 Å². The van der Waals surface area contributed by atoms with Gasteiger partial charge in [-0.1, -0.05) is 48.5 Å². The van der Waals surface area contributed by atoms with Gasteiger partial charge in [-0.25, -0.2) is 0 Å². The zero-order chi connectivity index (χ0) is 25.0. The Kier molecular flexibility index (Phi) is 7.16. The second kappa shape index (κ2) is 10.3. The van der Waals surface area contributed by atoms with Crippen molar-refractivity contribution in [3.05, 3.63) is 59.7 Å². The maximum absolute atomic E-state index is 14.1. The molecule has 6 N–H and O–H groups in total. The molecule has 0 unspecified atom stereocenters. The van der Waals surface area contributed by atoms with Crippen molar-refractivity contribution < 1.29 is 19.5 Å². The third-order valence-corrected chi connectivity index (χ3v) is 7.01. The molecule has 35 heavy (non-hydrogen) atoms. The highest BCUT2D eigenvalue weighted by atomic mass is 16.3. The fraction of sp³-hybridized carbons (Fsp3) is 0.385. The minimum absolute atomic E-state index is 0.0293. The molecule has 2 aliphatic rings. The number of aldehydes is 1. The monoisotopic (exact) mass is 477 g/mol. The fourth-order valence-electron chi connectivity index (χ4n) is 5.60. The molecule has 184 valence electrons. The number of nitrogens with one attached hydrogen (secondary N) is 1. The summed E-state index contributed by atoms with van der Waals surface area (Å²) in [5.74, 6) is -1.36. The summed E-state index contributed by atoms with van der Waals surface area (Å²) in [7, 11) is 0. The molecule has 2 atom stereocenters. The Balaban J connectivity index is 1.74. The summed E-state index contributed by atoms with van der Waals surface area (Å²) in [6.07, 6.45) is 2.58. The summed E-state index contributed by atoms with van der Waals surface area (Å²) < 4.78 is 0. The first-order valence-corrected chi connectivity index (χ1v) is 11.8. The number of nitrogens with zero attached hydrogens (tertiary/aromatic N) is 2. The Morgan fingerprint density at radius 3 is 2.34 bits per heavy atom. The lowest BCUT2D eigenvalue weighted by molar-refractivity contribution is -0.148. The predicted octanol–water partition coefficient (Wildman–Crippen LogP) is 0.890. The van der Waals surface area contributed by atoms with E-state index in [0.717, 1.165) is 22.3 Å². The molecule has 0 spiro atoms. The number of rotatable bonds is 9. The normalized spacial score (nSPS) is 19.5. The van der Waals surface area contributed by atoms with Crippen LogP contribution in [-0.4, -0.2) is 65.3 Å². The van der Waals surface area contributed by atoms with Crippen LogP contribution in [0.15, 0.2) is 53.5 Å². The van der Waals surface area contributed by atoms with Crippen LogP contribution in [0.25, 0.3) is 11.1 Å². The molecular formula is C26H31N5O4. The number of hydrogen-bond acceptors (Lipinski definition) is 5. The summed E-state index contributed by atoms with van der Waals surface area (Å²) in [5, 5.41) is 12.6. The minimum Gasteiger partial charge on any atom is -0.387 e. The first-order chi connectivity index (χ1) is 16.9. The van der Waals surface area contributed by atoms with E-state index < -0.39 is 35.9 Å². The lowest BCUT2D eigenvalue weighted by atomic mass is 9.74. The number of carbonyl (C=O) groups is 3. The van der Waals surface area contributed by atoms with Crippen molar-refractivity contribution in [2.45, 2.75) is 43.2 Å². The number of aliphatic hydroxyl groups excluding tert-OH is 1. The highest BCUT2D eigenvalue weighted by Gasteiger charge is 2.57. The van der Waals surface area contributed by atoms with Gasteiger partial charge < -0.3 is 31.6 Å². The Bertz CT molecular complexity index is 1100. The van der Waals surface area contributed by atoms with E-state index in [4.69, 9.17) is 11.5 Å². The highest BCUT2D eigenvalue weighted by molar-refractivity contribution is 5.97. The van der Waals surface area contributed by atoms with E-state index in [1.807, 2.05) is 48.5 Å². The van der Waals surface area contributed by atoms with Crippen molar-refractivity contribution in [1.29, 1.82) is 0 Å². The van der Waals surface area contributed by atoms with Crippen molar-refractivity contribution in [3.63, 3.8) is 0 Å². The summed E-state index contributed by atoms with van der Waals surface area (Å²) in [4.78, 5) is 44.3. The van der Waals surface area contributed by atoms with E-state index in [2.05, 4.69) is 10.3 Å². The molecule has 1 aliphatic carbocycles. The van der Waals surface area contributed by atoms with Crippen LogP contribution in [0.2, 0.25) is 0 Å². The smallest absolute Gasteiger partial charge is 0.249 e. The number of likely N-dealkylation sites (tertiary alicyclic amines) is 1. The second-order valence-corrected chi connectivity index (χ2v) is 9.00.